The van der Waals surface area contributed by atoms with Crippen LogP contribution in [0.4, 0.5) is 17.1 Å². The lowest BCUT2D eigenvalue weighted by Crippen LogP contribution is -2.50. The fourth-order valence-corrected chi connectivity index (χ4v) is 13.3. The van der Waals surface area contributed by atoms with E-state index in [4.69, 9.17) is 66.2 Å². The minimum absolute atomic E-state index is 0.162. The summed E-state index contributed by atoms with van der Waals surface area (Å²) >= 11 is 19.8. The standard InChI is InChI=1S/C44H46Cl3N3O3/c45-29-1-4-32(48)35(13-29)51-38-16-39(52-36-14-30(46)2-5-33(36)49)41(44-20-26-10-27(21-44)12-28(11-26)22-44)42(53-37-15-31(47)3-6-34(37)50)40(38)43-17-23-7-24(18-43)9-25(8-23)19-43/h1-6,13-16,23-28H,7-12,17-22,48-50H2. The zero-order valence-electron chi connectivity index (χ0n) is 29.8. The van der Waals surface area contributed by atoms with Gasteiger partial charge in [0.1, 0.15) is 17.2 Å². The molecule has 8 bridgehead atoms. The molecule has 6 nitrogen and oxygen atoms in total. The van der Waals surface area contributed by atoms with Crippen molar-refractivity contribution in [1.29, 1.82) is 0 Å². The van der Waals surface area contributed by atoms with E-state index in [1.165, 1.54) is 38.5 Å². The van der Waals surface area contributed by atoms with Gasteiger partial charge in [0.05, 0.1) is 17.1 Å². The van der Waals surface area contributed by atoms with Crippen LogP contribution < -0.4 is 31.4 Å². The Morgan fingerprint density at radius 1 is 0.415 bits per heavy atom. The summed E-state index contributed by atoms with van der Waals surface area (Å²) in [6, 6.07) is 18.3. The summed E-state index contributed by atoms with van der Waals surface area (Å²) in [4.78, 5) is 0. The predicted octanol–water partition coefficient (Wildman–Crippen LogP) is 12.7. The molecule has 0 unspecified atom stereocenters. The van der Waals surface area contributed by atoms with E-state index < -0.39 is 0 Å². The summed E-state index contributed by atoms with van der Waals surface area (Å²) in [6.07, 6.45) is 14.3. The number of ether oxygens (including phenoxy) is 3. The van der Waals surface area contributed by atoms with Gasteiger partial charge in [-0.1, -0.05) is 34.8 Å². The van der Waals surface area contributed by atoms with Crippen LogP contribution >= 0.6 is 34.8 Å². The SMILES string of the molecule is Nc1ccc(Cl)cc1Oc1cc(Oc2cc(Cl)ccc2N)c(C23CC4CC(CC(C4)C2)C3)c(Oc2cc(Cl)ccc2N)c1C12CC3CC(CC(C3)C1)C2. The highest BCUT2D eigenvalue weighted by atomic mass is 35.5. The monoisotopic (exact) mass is 769 g/mol. The third kappa shape index (κ3) is 5.90. The summed E-state index contributed by atoms with van der Waals surface area (Å²) < 4.78 is 21.5. The molecule has 8 aliphatic carbocycles. The van der Waals surface area contributed by atoms with E-state index in [1.54, 1.807) is 36.4 Å². The summed E-state index contributed by atoms with van der Waals surface area (Å²) in [6.45, 7) is 0. The van der Waals surface area contributed by atoms with Gasteiger partial charge in [-0.05, 0) is 149 Å². The molecule has 0 heterocycles. The molecule has 276 valence electrons. The number of rotatable bonds is 8. The molecule has 6 N–H and O–H groups in total. The molecule has 0 aromatic heterocycles. The minimum Gasteiger partial charge on any atom is -0.455 e. The molecular formula is C44H46Cl3N3O3. The van der Waals surface area contributed by atoms with E-state index >= 15 is 0 Å². The Bertz CT molecular complexity index is 1940. The largest absolute Gasteiger partial charge is 0.455 e. The average Bonchev–Trinajstić information content (AvgIpc) is 3.08. The smallest absolute Gasteiger partial charge is 0.151 e. The highest BCUT2D eigenvalue weighted by Gasteiger charge is 2.58. The van der Waals surface area contributed by atoms with Crippen molar-refractivity contribution in [2.24, 2.45) is 35.5 Å². The Morgan fingerprint density at radius 2 is 0.717 bits per heavy atom. The lowest BCUT2D eigenvalue weighted by Gasteiger charge is -2.59. The zero-order valence-corrected chi connectivity index (χ0v) is 32.1. The third-order valence-electron chi connectivity index (χ3n) is 13.9. The summed E-state index contributed by atoms with van der Waals surface area (Å²) in [5.74, 6) is 7.65. The second-order valence-corrected chi connectivity index (χ2v) is 19.0. The van der Waals surface area contributed by atoms with Crippen LogP contribution in [0.15, 0.2) is 60.7 Å². The van der Waals surface area contributed by atoms with Crippen LogP contribution in [0.1, 0.15) is 88.2 Å². The van der Waals surface area contributed by atoms with Crippen LogP contribution in [0.2, 0.25) is 15.1 Å². The second kappa shape index (κ2) is 12.5. The molecule has 4 aromatic rings. The molecule has 4 aromatic carbocycles. The van der Waals surface area contributed by atoms with Gasteiger partial charge in [0.25, 0.3) is 0 Å². The number of nitrogens with two attached hydrogens (primary N) is 3. The zero-order chi connectivity index (χ0) is 36.2. The maximum Gasteiger partial charge on any atom is 0.151 e. The lowest BCUT2D eigenvalue weighted by molar-refractivity contribution is -0.0110. The lowest BCUT2D eigenvalue weighted by atomic mass is 9.46. The maximum atomic E-state index is 7.41. The van der Waals surface area contributed by atoms with E-state index in [2.05, 4.69) is 6.07 Å². The first-order chi connectivity index (χ1) is 25.5. The van der Waals surface area contributed by atoms with Gasteiger partial charge < -0.3 is 31.4 Å². The quantitative estimate of drug-likeness (QED) is 0.154. The van der Waals surface area contributed by atoms with Crippen molar-refractivity contribution in [2.75, 3.05) is 17.2 Å². The normalized spacial score (nSPS) is 31.9. The number of halogens is 3. The molecule has 8 fully saturated rings. The molecule has 0 aliphatic heterocycles. The van der Waals surface area contributed by atoms with Crippen LogP contribution in [0.3, 0.4) is 0 Å². The van der Waals surface area contributed by atoms with Crippen molar-refractivity contribution < 1.29 is 14.2 Å². The van der Waals surface area contributed by atoms with Crippen LogP contribution in [0.25, 0.3) is 0 Å². The van der Waals surface area contributed by atoms with Crippen molar-refractivity contribution in [1.82, 2.24) is 0 Å². The van der Waals surface area contributed by atoms with E-state index in [9.17, 15) is 0 Å². The van der Waals surface area contributed by atoms with Crippen molar-refractivity contribution in [2.45, 2.75) is 87.9 Å². The van der Waals surface area contributed by atoms with Crippen LogP contribution in [-0.2, 0) is 10.8 Å². The average molecular weight is 771 g/mol. The van der Waals surface area contributed by atoms with Crippen molar-refractivity contribution >= 4 is 51.9 Å². The Hall–Kier alpha value is -3.45. The highest BCUT2D eigenvalue weighted by Crippen LogP contribution is 2.69. The Kier molecular flexibility index (Phi) is 8.06. The Morgan fingerprint density at radius 3 is 1.04 bits per heavy atom. The molecule has 8 aliphatic rings. The minimum atomic E-state index is -0.162. The topological polar surface area (TPSA) is 106 Å². The van der Waals surface area contributed by atoms with Gasteiger partial charge in [0.15, 0.2) is 17.2 Å². The van der Waals surface area contributed by atoms with Gasteiger partial charge >= 0.3 is 0 Å². The van der Waals surface area contributed by atoms with Crippen molar-refractivity contribution in [3.05, 3.63) is 86.9 Å². The van der Waals surface area contributed by atoms with Gasteiger partial charge in [-0.25, -0.2) is 0 Å². The molecular weight excluding hydrogens is 725 g/mol. The molecule has 8 saturated carbocycles. The molecule has 0 radical (unpaired) electrons. The van der Waals surface area contributed by atoms with E-state index in [1.807, 2.05) is 18.2 Å². The molecule has 9 heteroatoms. The van der Waals surface area contributed by atoms with E-state index in [0.29, 0.717) is 96.4 Å². The first-order valence-corrected chi connectivity index (χ1v) is 20.6. The summed E-state index contributed by atoms with van der Waals surface area (Å²) in [5, 5.41) is 1.65. The first-order valence-electron chi connectivity index (χ1n) is 19.4. The number of hydrogen-bond acceptors (Lipinski definition) is 6. The first kappa shape index (κ1) is 34.1. The van der Waals surface area contributed by atoms with Gasteiger partial charge in [0, 0.05) is 61.3 Å². The molecule has 0 atom stereocenters. The molecule has 0 spiro atoms. The predicted molar refractivity (Wildman–Crippen MR) is 214 cm³/mol. The van der Waals surface area contributed by atoms with Crippen molar-refractivity contribution in [3.63, 3.8) is 0 Å². The number of hydrogen-bond donors (Lipinski definition) is 3. The van der Waals surface area contributed by atoms with Gasteiger partial charge in [-0.2, -0.15) is 0 Å². The Balaban J connectivity index is 1.29. The molecule has 53 heavy (non-hydrogen) atoms. The molecule has 0 amide bonds. The highest BCUT2D eigenvalue weighted by molar-refractivity contribution is 6.31. The van der Waals surface area contributed by atoms with Crippen LogP contribution in [0, 0.1) is 35.5 Å². The number of anilines is 3. The molecule has 0 saturated heterocycles. The summed E-state index contributed by atoms with van der Waals surface area (Å²) in [5.41, 5.74) is 23.4. The Labute approximate surface area is 326 Å². The van der Waals surface area contributed by atoms with Crippen LogP contribution in [-0.4, -0.2) is 0 Å². The second-order valence-electron chi connectivity index (χ2n) is 17.7. The fraction of sp³-hybridized carbons (Fsp3) is 0.455. The van der Waals surface area contributed by atoms with Gasteiger partial charge in [0.2, 0.25) is 0 Å². The number of nitrogen functional groups attached to an aromatic ring is 3. The van der Waals surface area contributed by atoms with Crippen molar-refractivity contribution in [3.8, 4) is 34.5 Å². The third-order valence-corrected chi connectivity index (χ3v) is 14.6. The van der Waals surface area contributed by atoms with E-state index in [-0.39, 0.29) is 10.8 Å². The van der Waals surface area contributed by atoms with E-state index in [0.717, 1.165) is 55.4 Å². The fourth-order valence-electron chi connectivity index (χ4n) is 12.8. The van der Waals surface area contributed by atoms with Gasteiger partial charge in [-0.15, -0.1) is 0 Å². The van der Waals surface area contributed by atoms with Crippen LogP contribution in [0.5, 0.6) is 34.5 Å². The maximum absolute atomic E-state index is 7.41. The summed E-state index contributed by atoms with van der Waals surface area (Å²) in [7, 11) is 0. The van der Waals surface area contributed by atoms with Gasteiger partial charge in [-0.3, -0.25) is 0 Å². The number of benzene rings is 4. The molecule has 12 rings (SSSR count).